The van der Waals surface area contributed by atoms with Gasteiger partial charge in [0.2, 0.25) is 0 Å². The lowest BCUT2D eigenvalue weighted by atomic mass is 9.91. The van der Waals surface area contributed by atoms with Gasteiger partial charge in [0.15, 0.2) is 5.67 Å². The molecule has 15 heavy (non-hydrogen) atoms. The van der Waals surface area contributed by atoms with Gasteiger partial charge in [-0.15, -0.1) is 0 Å². The fourth-order valence-corrected chi connectivity index (χ4v) is 1.54. The van der Waals surface area contributed by atoms with Gasteiger partial charge in [-0.25, -0.2) is 13.2 Å². The summed E-state index contributed by atoms with van der Waals surface area (Å²) in [5.74, 6) is -3.64. The second kappa shape index (κ2) is 4.02. The normalized spacial score (nSPS) is 16.1. The number of halogens is 4. The Bertz CT molecular complexity index is 352. The van der Waals surface area contributed by atoms with Gasteiger partial charge in [-0.1, -0.05) is 29.8 Å². The Kier molecular flexibility index (Phi) is 3.31. The molecule has 0 spiro atoms. The summed E-state index contributed by atoms with van der Waals surface area (Å²) in [4.78, 5) is 0. The zero-order valence-electron chi connectivity index (χ0n) is 8.11. The molecule has 5 heteroatoms. The number of alkyl halides is 3. The van der Waals surface area contributed by atoms with Crippen molar-refractivity contribution in [2.75, 3.05) is 6.54 Å². The molecule has 0 aliphatic carbocycles. The maximum atomic E-state index is 13.9. The topological polar surface area (TPSA) is 26.0 Å². The van der Waals surface area contributed by atoms with Gasteiger partial charge in [-0.2, -0.15) is 0 Å². The first kappa shape index (κ1) is 12.3. The highest BCUT2D eigenvalue weighted by Gasteiger charge is 2.52. The third-order valence-corrected chi connectivity index (χ3v) is 2.65. The van der Waals surface area contributed by atoms with Crippen molar-refractivity contribution >= 4 is 11.6 Å². The first-order valence-electron chi connectivity index (χ1n) is 4.35. The van der Waals surface area contributed by atoms with E-state index in [1.807, 2.05) is 0 Å². The van der Waals surface area contributed by atoms with Crippen molar-refractivity contribution in [2.24, 2.45) is 5.73 Å². The van der Waals surface area contributed by atoms with Gasteiger partial charge in [0.25, 0.3) is 5.92 Å². The summed E-state index contributed by atoms with van der Waals surface area (Å²) in [7, 11) is 0. The predicted molar refractivity (Wildman–Crippen MR) is 53.9 cm³/mol. The minimum atomic E-state index is -3.64. The third kappa shape index (κ3) is 2.11. The Morgan fingerprint density at radius 1 is 1.27 bits per heavy atom. The first-order valence-corrected chi connectivity index (χ1v) is 4.72. The van der Waals surface area contributed by atoms with Crippen LogP contribution in [0.25, 0.3) is 0 Å². The zero-order valence-corrected chi connectivity index (χ0v) is 8.86. The van der Waals surface area contributed by atoms with Crippen molar-refractivity contribution in [3.8, 4) is 0 Å². The van der Waals surface area contributed by atoms with Gasteiger partial charge in [-0.05, 0) is 13.0 Å². The fourth-order valence-electron chi connectivity index (χ4n) is 1.23. The summed E-state index contributed by atoms with van der Waals surface area (Å²) in [6, 6.07) is 5.58. The smallest absolute Gasteiger partial charge is 0.297 e. The minimum absolute atomic E-state index is 0.0318. The number of hydrogen-bond acceptors (Lipinski definition) is 1. The van der Waals surface area contributed by atoms with Crippen molar-refractivity contribution in [3.05, 3.63) is 34.9 Å². The zero-order chi connectivity index (χ0) is 11.7. The highest BCUT2D eigenvalue weighted by atomic mass is 35.5. The molecule has 1 aromatic carbocycles. The Balaban J connectivity index is 3.22. The Morgan fingerprint density at radius 2 is 1.80 bits per heavy atom. The van der Waals surface area contributed by atoms with E-state index in [4.69, 9.17) is 17.3 Å². The number of benzene rings is 1. The molecule has 0 saturated heterocycles. The van der Waals surface area contributed by atoms with Gasteiger partial charge in [0.05, 0.1) is 6.54 Å². The molecule has 1 aromatic rings. The lowest BCUT2D eigenvalue weighted by Gasteiger charge is -2.30. The molecule has 0 amide bonds. The van der Waals surface area contributed by atoms with E-state index in [0.717, 1.165) is 6.92 Å². The summed E-state index contributed by atoms with van der Waals surface area (Å²) in [6.45, 7) is -0.285. The Hall–Kier alpha value is -0.740. The van der Waals surface area contributed by atoms with E-state index in [2.05, 4.69) is 0 Å². The molecule has 0 aliphatic heterocycles. The molecule has 1 unspecified atom stereocenters. The van der Waals surface area contributed by atoms with E-state index in [1.165, 1.54) is 18.2 Å². The molecule has 1 atom stereocenters. The molecule has 0 bridgehead atoms. The maximum absolute atomic E-state index is 13.9. The minimum Gasteiger partial charge on any atom is -0.325 e. The van der Waals surface area contributed by atoms with Gasteiger partial charge < -0.3 is 5.73 Å². The molecule has 0 saturated carbocycles. The molecule has 1 rings (SSSR count). The van der Waals surface area contributed by atoms with Crippen LogP contribution in [-0.4, -0.2) is 12.5 Å². The summed E-state index contributed by atoms with van der Waals surface area (Å²) in [6.07, 6.45) is 0. The molecular formula is C10H11ClF3N. The first-order chi connectivity index (χ1) is 6.83. The SMILES string of the molecule is CC(F)(c1ccccc1Cl)C(F)(F)CN. The number of hydrogen-bond donors (Lipinski definition) is 1. The summed E-state index contributed by atoms with van der Waals surface area (Å²) < 4.78 is 40.4. The molecule has 2 N–H and O–H groups in total. The molecule has 0 radical (unpaired) electrons. The monoisotopic (exact) mass is 237 g/mol. The molecule has 0 aliphatic rings. The van der Waals surface area contributed by atoms with E-state index < -0.39 is 18.1 Å². The highest BCUT2D eigenvalue weighted by molar-refractivity contribution is 6.31. The van der Waals surface area contributed by atoms with E-state index in [0.29, 0.717) is 0 Å². The summed E-state index contributed by atoms with van der Waals surface area (Å²) in [5.41, 5.74) is 1.74. The van der Waals surface area contributed by atoms with E-state index in [-0.39, 0.29) is 10.6 Å². The van der Waals surface area contributed by atoms with Crippen LogP contribution in [0.2, 0.25) is 5.02 Å². The second-order valence-electron chi connectivity index (χ2n) is 3.39. The van der Waals surface area contributed by atoms with Crippen LogP contribution in [-0.2, 0) is 5.67 Å². The maximum Gasteiger partial charge on any atom is 0.297 e. The average Bonchev–Trinajstić information content (AvgIpc) is 2.18. The van der Waals surface area contributed by atoms with Gasteiger partial charge in [0, 0.05) is 10.6 Å². The van der Waals surface area contributed by atoms with Crippen molar-refractivity contribution in [1.29, 1.82) is 0 Å². The van der Waals surface area contributed by atoms with E-state index in [9.17, 15) is 13.2 Å². The van der Waals surface area contributed by atoms with Crippen LogP contribution in [0.4, 0.5) is 13.2 Å². The van der Waals surface area contributed by atoms with E-state index in [1.54, 1.807) is 6.07 Å². The van der Waals surface area contributed by atoms with Crippen molar-refractivity contribution in [3.63, 3.8) is 0 Å². The fraction of sp³-hybridized carbons (Fsp3) is 0.400. The molecule has 0 heterocycles. The van der Waals surface area contributed by atoms with Crippen LogP contribution < -0.4 is 5.73 Å². The van der Waals surface area contributed by atoms with Crippen LogP contribution in [0, 0.1) is 0 Å². The average molecular weight is 238 g/mol. The largest absolute Gasteiger partial charge is 0.325 e. The third-order valence-electron chi connectivity index (χ3n) is 2.32. The lowest BCUT2D eigenvalue weighted by molar-refractivity contribution is -0.125. The van der Waals surface area contributed by atoms with Gasteiger partial charge in [0.1, 0.15) is 0 Å². The Labute approximate surface area is 91.0 Å². The number of rotatable bonds is 3. The lowest BCUT2D eigenvalue weighted by Crippen LogP contribution is -2.45. The summed E-state index contributed by atoms with van der Waals surface area (Å²) in [5, 5.41) is -0.0318. The highest BCUT2D eigenvalue weighted by Crippen LogP contribution is 2.42. The second-order valence-corrected chi connectivity index (χ2v) is 3.80. The molecule has 1 nitrogen and oxygen atoms in total. The number of nitrogens with two attached hydrogens (primary N) is 1. The molecule has 0 aromatic heterocycles. The standard InChI is InChI=1S/C10H11ClF3N/c1-9(12,10(13,14)6-15)7-4-2-3-5-8(7)11/h2-5H,6,15H2,1H3. The predicted octanol–water partition coefficient (Wildman–Crippen LogP) is 3.12. The molecule has 84 valence electrons. The van der Waals surface area contributed by atoms with Crippen molar-refractivity contribution < 1.29 is 13.2 Å². The van der Waals surface area contributed by atoms with Crippen molar-refractivity contribution in [2.45, 2.75) is 18.5 Å². The molecular weight excluding hydrogens is 227 g/mol. The quantitative estimate of drug-likeness (QED) is 0.859. The summed E-state index contributed by atoms with van der Waals surface area (Å²) >= 11 is 5.66. The van der Waals surface area contributed by atoms with Crippen LogP contribution in [0.15, 0.2) is 24.3 Å². The molecule has 0 fully saturated rings. The Morgan fingerprint density at radius 3 is 2.27 bits per heavy atom. The van der Waals surface area contributed by atoms with Gasteiger partial charge >= 0.3 is 0 Å². The van der Waals surface area contributed by atoms with E-state index >= 15 is 0 Å². The van der Waals surface area contributed by atoms with Crippen LogP contribution in [0.5, 0.6) is 0 Å². The van der Waals surface area contributed by atoms with Crippen LogP contribution in [0.3, 0.4) is 0 Å². The van der Waals surface area contributed by atoms with Gasteiger partial charge in [-0.3, -0.25) is 0 Å². The van der Waals surface area contributed by atoms with Crippen LogP contribution >= 0.6 is 11.6 Å². The van der Waals surface area contributed by atoms with Crippen molar-refractivity contribution in [1.82, 2.24) is 0 Å². The van der Waals surface area contributed by atoms with Crippen LogP contribution in [0.1, 0.15) is 12.5 Å².